The molecule has 2 aromatic heterocycles. The fourth-order valence-electron chi connectivity index (χ4n) is 1.23. The number of hydrogen-bond donors (Lipinski definition) is 2. The summed E-state index contributed by atoms with van der Waals surface area (Å²) in [6, 6.07) is 3.43. The summed E-state index contributed by atoms with van der Waals surface area (Å²) >= 11 is 1.91. The first-order chi connectivity index (χ1) is 7.11. The van der Waals surface area contributed by atoms with E-state index in [2.05, 4.69) is 9.97 Å². The zero-order valence-electron chi connectivity index (χ0n) is 7.31. The molecule has 0 bridgehead atoms. The Morgan fingerprint density at radius 2 is 2.20 bits per heavy atom. The van der Waals surface area contributed by atoms with Crippen LogP contribution in [-0.2, 0) is 0 Å². The number of fused-ring (bicyclic) bond motifs is 1. The summed E-state index contributed by atoms with van der Waals surface area (Å²) in [5.74, 6) is -1.66. The van der Waals surface area contributed by atoms with Gasteiger partial charge >= 0.3 is 5.97 Å². The summed E-state index contributed by atoms with van der Waals surface area (Å²) in [7, 11) is 0. The van der Waals surface area contributed by atoms with Crippen molar-refractivity contribution in [3.63, 3.8) is 0 Å². The van der Waals surface area contributed by atoms with Crippen LogP contribution in [0.4, 0.5) is 0 Å². The van der Waals surface area contributed by atoms with Gasteiger partial charge in [-0.1, -0.05) is 0 Å². The lowest BCUT2D eigenvalue weighted by molar-refractivity contribution is 0.0687. The number of aromatic nitrogens is 2. The Balaban J connectivity index is 2.90. The minimum absolute atomic E-state index is 0.259. The van der Waals surface area contributed by atoms with E-state index < -0.39 is 11.7 Å². The summed E-state index contributed by atoms with van der Waals surface area (Å²) in [6.45, 7) is 0. The first-order valence-electron chi connectivity index (χ1n) is 3.97. The molecule has 2 heterocycles. The molecule has 0 amide bonds. The van der Waals surface area contributed by atoms with Gasteiger partial charge in [0.25, 0.3) is 0 Å². The van der Waals surface area contributed by atoms with Gasteiger partial charge in [0.2, 0.25) is 0 Å². The average molecular weight is 316 g/mol. The maximum absolute atomic E-state index is 10.8. The van der Waals surface area contributed by atoms with E-state index in [-0.39, 0.29) is 11.2 Å². The number of pyridine rings is 2. The molecule has 0 aliphatic carbocycles. The van der Waals surface area contributed by atoms with Gasteiger partial charge in [-0.05, 0) is 34.7 Å². The predicted molar refractivity (Wildman–Crippen MR) is 60.9 cm³/mol. The molecule has 0 saturated heterocycles. The second-order valence-corrected chi connectivity index (χ2v) is 3.83. The number of nitrogens with zero attached hydrogens (tertiary/aromatic N) is 2. The summed E-state index contributed by atoms with van der Waals surface area (Å²) < 4.78 is 0.505. The van der Waals surface area contributed by atoms with Gasteiger partial charge in [-0.25, -0.2) is 9.78 Å². The molecule has 2 rings (SSSR count). The standard InChI is InChI=1S/C9H5IN2O3/c10-8-4-2-1-3-11-5(4)7(13)6(12-8)9(14)15/h1-3,13H,(H,14,15). The van der Waals surface area contributed by atoms with Crippen molar-refractivity contribution >= 4 is 39.5 Å². The number of aromatic hydroxyl groups is 1. The zero-order chi connectivity index (χ0) is 11.0. The number of aromatic carboxylic acids is 1. The molecule has 2 aromatic rings. The molecule has 0 unspecified atom stereocenters. The Hall–Kier alpha value is -1.44. The normalized spacial score (nSPS) is 10.5. The number of hydrogen-bond acceptors (Lipinski definition) is 4. The molecule has 0 spiro atoms. The third-order valence-corrected chi connectivity index (χ3v) is 2.71. The maximum Gasteiger partial charge on any atom is 0.358 e. The SMILES string of the molecule is O=C(O)c1nc(I)c2cccnc2c1O. The highest BCUT2D eigenvalue weighted by molar-refractivity contribution is 14.1. The molecule has 0 aromatic carbocycles. The number of rotatable bonds is 1. The van der Waals surface area contributed by atoms with E-state index in [1.807, 2.05) is 22.6 Å². The van der Waals surface area contributed by atoms with Gasteiger partial charge in [-0.15, -0.1) is 0 Å². The lowest BCUT2D eigenvalue weighted by Gasteiger charge is -2.04. The van der Waals surface area contributed by atoms with Crippen molar-refractivity contribution < 1.29 is 15.0 Å². The lowest BCUT2D eigenvalue weighted by atomic mass is 10.2. The number of carboxylic acids is 1. The van der Waals surface area contributed by atoms with Crippen molar-refractivity contribution in [1.82, 2.24) is 9.97 Å². The molecule has 0 aliphatic heterocycles. The average Bonchev–Trinajstić information content (AvgIpc) is 2.23. The first-order valence-corrected chi connectivity index (χ1v) is 5.05. The Morgan fingerprint density at radius 1 is 1.47 bits per heavy atom. The van der Waals surface area contributed by atoms with Crippen LogP contribution in [0.5, 0.6) is 5.75 Å². The second kappa shape index (κ2) is 3.61. The predicted octanol–water partition coefficient (Wildman–Crippen LogP) is 1.64. The Bertz CT molecular complexity index is 556. The molecule has 0 radical (unpaired) electrons. The van der Waals surface area contributed by atoms with Crippen molar-refractivity contribution in [2.45, 2.75) is 0 Å². The highest BCUT2D eigenvalue weighted by Crippen LogP contribution is 2.28. The van der Waals surface area contributed by atoms with Gasteiger partial charge in [0.1, 0.15) is 9.22 Å². The van der Waals surface area contributed by atoms with Gasteiger partial charge in [-0.3, -0.25) is 4.98 Å². The van der Waals surface area contributed by atoms with Crippen LogP contribution >= 0.6 is 22.6 Å². The quantitative estimate of drug-likeness (QED) is 0.617. The molecule has 0 atom stereocenters. The number of carbonyl (C=O) groups is 1. The Kier molecular flexibility index (Phi) is 2.43. The second-order valence-electron chi connectivity index (χ2n) is 2.80. The third kappa shape index (κ3) is 1.60. The van der Waals surface area contributed by atoms with Crippen molar-refractivity contribution in [2.24, 2.45) is 0 Å². The topological polar surface area (TPSA) is 83.3 Å². The molecule has 2 N–H and O–H groups in total. The first kappa shape index (κ1) is 10.1. The Morgan fingerprint density at radius 3 is 2.87 bits per heavy atom. The Labute approximate surface area is 97.9 Å². The minimum Gasteiger partial charge on any atom is -0.504 e. The van der Waals surface area contributed by atoms with E-state index in [1.165, 1.54) is 6.20 Å². The van der Waals surface area contributed by atoms with E-state index in [9.17, 15) is 9.90 Å². The van der Waals surface area contributed by atoms with Crippen molar-refractivity contribution in [3.05, 3.63) is 27.7 Å². The van der Waals surface area contributed by atoms with E-state index >= 15 is 0 Å². The third-order valence-electron chi connectivity index (χ3n) is 1.89. The van der Waals surface area contributed by atoms with E-state index in [0.717, 1.165) is 0 Å². The summed E-state index contributed by atoms with van der Waals surface area (Å²) in [5, 5.41) is 19.1. The van der Waals surface area contributed by atoms with Crippen LogP contribution in [0.15, 0.2) is 18.3 Å². The van der Waals surface area contributed by atoms with E-state index in [0.29, 0.717) is 9.09 Å². The van der Waals surface area contributed by atoms with Gasteiger partial charge in [0, 0.05) is 11.6 Å². The fourth-order valence-corrected chi connectivity index (χ4v) is 1.91. The number of halogens is 1. The van der Waals surface area contributed by atoms with Crippen molar-refractivity contribution in [3.8, 4) is 5.75 Å². The van der Waals surface area contributed by atoms with Crippen LogP contribution in [0.25, 0.3) is 10.9 Å². The van der Waals surface area contributed by atoms with Crippen LogP contribution in [0.2, 0.25) is 0 Å². The smallest absolute Gasteiger partial charge is 0.358 e. The van der Waals surface area contributed by atoms with E-state index in [4.69, 9.17) is 5.11 Å². The van der Waals surface area contributed by atoms with Crippen LogP contribution in [0.3, 0.4) is 0 Å². The van der Waals surface area contributed by atoms with Gasteiger partial charge in [0.15, 0.2) is 11.4 Å². The minimum atomic E-state index is -1.27. The fraction of sp³-hybridized carbons (Fsp3) is 0. The summed E-state index contributed by atoms with van der Waals surface area (Å²) in [6.07, 6.45) is 1.49. The summed E-state index contributed by atoms with van der Waals surface area (Å²) in [5.41, 5.74) is -0.111. The van der Waals surface area contributed by atoms with Crippen LogP contribution in [0, 0.1) is 3.70 Å². The highest BCUT2D eigenvalue weighted by atomic mass is 127. The van der Waals surface area contributed by atoms with Gasteiger partial charge < -0.3 is 10.2 Å². The lowest BCUT2D eigenvalue weighted by Crippen LogP contribution is -2.03. The summed E-state index contributed by atoms with van der Waals surface area (Å²) in [4.78, 5) is 18.5. The maximum atomic E-state index is 10.8. The number of carboxylic acid groups (broad SMARTS) is 1. The molecule has 0 aliphatic rings. The van der Waals surface area contributed by atoms with Crippen LogP contribution in [-0.4, -0.2) is 26.2 Å². The molecular weight excluding hydrogens is 311 g/mol. The van der Waals surface area contributed by atoms with Crippen LogP contribution < -0.4 is 0 Å². The molecule has 6 heteroatoms. The monoisotopic (exact) mass is 316 g/mol. The van der Waals surface area contributed by atoms with Gasteiger partial charge in [0.05, 0.1) is 0 Å². The van der Waals surface area contributed by atoms with Crippen LogP contribution in [0.1, 0.15) is 10.5 Å². The van der Waals surface area contributed by atoms with Crippen molar-refractivity contribution in [1.29, 1.82) is 0 Å². The molecule has 15 heavy (non-hydrogen) atoms. The van der Waals surface area contributed by atoms with Crippen molar-refractivity contribution in [2.75, 3.05) is 0 Å². The molecule has 0 fully saturated rings. The largest absolute Gasteiger partial charge is 0.504 e. The van der Waals surface area contributed by atoms with E-state index in [1.54, 1.807) is 12.1 Å². The molecule has 0 saturated carbocycles. The molecule has 76 valence electrons. The molecule has 5 nitrogen and oxygen atoms in total. The molecular formula is C9H5IN2O3. The highest BCUT2D eigenvalue weighted by Gasteiger charge is 2.17. The van der Waals surface area contributed by atoms with Gasteiger partial charge in [-0.2, -0.15) is 0 Å². The zero-order valence-corrected chi connectivity index (χ0v) is 9.46.